The lowest BCUT2D eigenvalue weighted by atomic mass is 9.83. The average molecular weight is 259 g/mol. The van der Waals surface area contributed by atoms with E-state index in [1.807, 2.05) is 0 Å². The van der Waals surface area contributed by atoms with Gasteiger partial charge in [-0.1, -0.05) is 31.9 Å². The molecule has 1 heterocycles. The third-order valence-corrected chi connectivity index (χ3v) is 4.58. The van der Waals surface area contributed by atoms with Crippen molar-refractivity contribution in [2.75, 3.05) is 6.54 Å². The Morgan fingerprint density at radius 2 is 1.95 bits per heavy atom. The predicted molar refractivity (Wildman–Crippen MR) is 78.5 cm³/mol. The topological polar surface area (TPSA) is 21.3 Å². The summed E-state index contributed by atoms with van der Waals surface area (Å²) in [6.45, 7) is 3.45. The van der Waals surface area contributed by atoms with Crippen LogP contribution in [0.3, 0.4) is 0 Å². The fourth-order valence-corrected chi connectivity index (χ4v) is 3.13. The average Bonchev–Trinajstić information content (AvgIpc) is 3.26. The lowest BCUT2D eigenvalue weighted by Crippen LogP contribution is -2.41. The van der Waals surface area contributed by atoms with E-state index in [9.17, 15) is 0 Å². The van der Waals surface area contributed by atoms with Gasteiger partial charge in [0.05, 0.1) is 6.10 Å². The van der Waals surface area contributed by atoms with E-state index in [0.29, 0.717) is 6.10 Å². The Morgan fingerprint density at radius 3 is 2.63 bits per heavy atom. The lowest BCUT2D eigenvalue weighted by Gasteiger charge is -2.33. The largest absolute Gasteiger partial charge is 0.490 e. The third-order valence-electron chi connectivity index (χ3n) is 4.58. The van der Waals surface area contributed by atoms with Crippen molar-refractivity contribution in [2.24, 2.45) is 0 Å². The van der Waals surface area contributed by atoms with Crippen molar-refractivity contribution in [2.45, 2.75) is 63.5 Å². The van der Waals surface area contributed by atoms with Crippen LogP contribution in [0.25, 0.3) is 0 Å². The van der Waals surface area contributed by atoms with Crippen LogP contribution in [-0.4, -0.2) is 12.6 Å². The molecular formula is C17H25NO. The van der Waals surface area contributed by atoms with Crippen LogP contribution in [0.1, 0.15) is 57.4 Å². The SMILES string of the molecule is CCC1(c2ccc(OC3CC3)cc2)CCCCCN1. The van der Waals surface area contributed by atoms with E-state index < -0.39 is 0 Å². The number of hydrogen-bond acceptors (Lipinski definition) is 2. The minimum atomic E-state index is 0.189. The van der Waals surface area contributed by atoms with Crippen LogP contribution in [0.4, 0.5) is 0 Å². The molecule has 1 aromatic carbocycles. The summed E-state index contributed by atoms with van der Waals surface area (Å²) < 4.78 is 5.84. The van der Waals surface area contributed by atoms with Crippen molar-refractivity contribution < 1.29 is 4.74 Å². The Bertz CT molecular complexity index is 400. The van der Waals surface area contributed by atoms with Gasteiger partial charge in [0.15, 0.2) is 0 Å². The van der Waals surface area contributed by atoms with Crippen molar-refractivity contribution in [3.63, 3.8) is 0 Å². The van der Waals surface area contributed by atoms with Crippen LogP contribution in [0.15, 0.2) is 24.3 Å². The highest BCUT2D eigenvalue weighted by molar-refractivity contribution is 5.32. The molecule has 3 rings (SSSR count). The zero-order chi connectivity index (χ0) is 13.1. The molecule has 1 saturated carbocycles. The molecule has 0 radical (unpaired) electrons. The maximum Gasteiger partial charge on any atom is 0.119 e. The minimum absolute atomic E-state index is 0.189. The molecule has 19 heavy (non-hydrogen) atoms. The zero-order valence-electron chi connectivity index (χ0n) is 12.0. The van der Waals surface area contributed by atoms with Gasteiger partial charge in [-0.2, -0.15) is 0 Å². The molecule has 0 spiro atoms. The van der Waals surface area contributed by atoms with Crippen LogP contribution in [-0.2, 0) is 5.54 Å². The predicted octanol–water partition coefficient (Wildman–Crippen LogP) is 4.00. The molecule has 0 amide bonds. The van der Waals surface area contributed by atoms with Gasteiger partial charge in [0, 0.05) is 5.54 Å². The first-order chi connectivity index (χ1) is 9.32. The number of benzene rings is 1. The summed E-state index contributed by atoms with van der Waals surface area (Å²) in [6.07, 6.45) is 9.36. The van der Waals surface area contributed by atoms with Gasteiger partial charge in [-0.15, -0.1) is 0 Å². The molecule has 0 bridgehead atoms. The van der Waals surface area contributed by atoms with E-state index in [1.54, 1.807) is 0 Å². The van der Waals surface area contributed by atoms with Crippen molar-refractivity contribution in [3.05, 3.63) is 29.8 Å². The monoisotopic (exact) mass is 259 g/mol. The summed E-state index contributed by atoms with van der Waals surface area (Å²) in [5.41, 5.74) is 1.62. The fraction of sp³-hybridized carbons (Fsp3) is 0.647. The minimum Gasteiger partial charge on any atom is -0.490 e. The molecule has 2 aliphatic rings. The first kappa shape index (κ1) is 13.0. The molecule has 1 N–H and O–H groups in total. The van der Waals surface area contributed by atoms with Gasteiger partial charge in [0.2, 0.25) is 0 Å². The first-order valence-corrected chi connectivity index (χ1v) is 7.85. The van der Waals surface area contributed by atoms with Crippen molar-refractivity contribution in [3.8, 4) is 5.75 Å². The molecular weight excluding hydrogens is 234 g/mol. The van der Waals surface area contributed by atoms with E-state index >= 15 is 0 Å². The molecule has 2 nitrogen and oxygen atoms in total. The van der Waals surface area contributed by atoms with Crippen LogP contribution in [0.2, 0.25) is 0 Å². The molecule has 104 valence electrons. The third kappa shape index (κ3) is 2.94. The van der Waals surface area contributed by atoms with Crippen molar-refractivity contribution in [1.29, 1.82) is 0 Å². The van der Waals surface area contributed by atoms with Gasteiger partial charge in [-0.3, -0.25) is 0 Å². The van der Waals surface area contributed by atoms with Crippen molar-refractivity contribution >= 4 is 0 Å². The lowest BCUT2D eigenvalue weighted by molar-refractivity contribution is 0.299. The Morgan fingerprint density at radius 1 is 1.16 bits per heavy atom. The Labute approximate surface area is 116 Å². The van der Waals surface area contributed by atoms with E-state index in [4.69, 9.17) is 4.74 Å². The summed E-state index contributed by atoms with van der Waals surface area (Å²) >= 11 is 0. The Hall–Kier alpha value is -1.02. The maximum absolute atomic E-state index is 5.84. The van der Waals surface area contributed by atoms with Gasteiger partial charge in [-0.05, 0) is 56.3 Å². The summed E-state index contributed by atoms with van der Waals surface area (Å²) in [7, 11) is 0. The Balaban J connectivity index is 1.77. The van der Waals surface area contributed by atoms with Gasteiger partial charge < -0.3 is 10.1 Å². The highest BCUT2D eigenvalue weighted by atomic mass is 16.5. The molecule has 1 aromatic rings. The van der Waals surface area contributed by atoms with Gasteiger partial charge >= 0.3 is 0 Å². The molecule has 1 aliphatic carbocycles. The van der Waals surface area contributed by atoms with E-state index in [1.165, 1.54) is 44.1 Å². The van der Waals surface area contributed by atoms with Crippen LogP contribution in [0, 0.1) is 0 Å². The number of rotatable bonds is 4. The maximum atomic E-state index is 5.84. The quantitative estimate of drug-likeness (QED) is 0.882. The normalized spacial score (nSPS) is 27.8. The van der Waals surface area contributed by atoms with Crippen LogP contribution in [0.5, 0.6) is 5.75 Å². The van der Waals surface area contributed by atoms with E-state index in [-0.39, 0.29) is 5.54 Å². The molecule has 1 unspecified atom stereocenters. The highest BCUT2D eigenvalue weighted by Crippen LogP contribution is 2.34. The van der Waals surface area contributed by atoms with Crippen LogP contribution < -0.4 is 10.1 Å². The van der Waals surface area contributed by atoms with Crippen LogP contribution >= 0.6 is 0 Å². The smallest absolute Gasteiger partial charge is 0.119 e. The number of ether oxygens (including phenoxy) is 1. The van der Waals surface area contributed by atoms with Gasteiger partial charge in [0.25, 0.3) is 0 Å². The first-order valence-electron chi connectivity index (χ1n) is 7.85. The van der Waals surface area contributed by atoms with E-state index in [0.717, 1.165) is 18.7 Å². The molecule has 1 atom stereocenters. The summed E-state index contributed by atoms with van der Waals surface area (Å²) in [5.74, 6) is 1.03. The second-order valence-corrected chi connectivity index (χ2v) is 6.01. The standard InChI is InChI=1S/C17H25NO/c1-2-17(12-4-3-5-13-18-17)14-6-8-15(9-7-14)19-16-10-11-16/h6-9,16,18H,2-5,10-13H2,1H3. The molecule has 0 aromatic heterocycles. The summed E-state index contributed by atoms with van der Waals surface area (Å²) in [4.78, 5) is 0. The highest BCUT2D eigenvalue weighted by Gasteiger charge is 2.30. The van der Waals surface area contributed by atoms with Gasteiger partial charge in [0.1, 0.15) is 5.75 Å². The Kier molecular flexibility index (Phi) is 3.79. The number of nitrogens with one attached hydrogen (secondary N) is 1. The molecule has 2 heteroatoms. The van der Waals surface area contributed by atoms with Crippen molar-refractivity contribution in [1.82, 2.24) is 5.32 Å². The molecule has 2 fully saturated rings. The fourth-order valence-electron chi connectivity index (χ4n) is 3.13. The molecule has 1 saturated heterocycles. The number of hydrogen-bond donors (Lipinski definition) is 1. The zero-order valence-corrected chi connectivity index (χ0v) is 12.0. The summed E-state index contributed by atoms with van der Waals surface area (Å²) in [5, 5.41) is 3.79. The van der Waals surface area contributed by atoms with Gasteiger partial charge in [-0.25, -0.2) is 0 Å². The van der Waals surface area contributed by atoms with E-state index in [2.05, 4.69) is 36.5 Å². The molecule has 1 aliphatic heterocycles. The second kappa shape index (κ2) is 5.54. The second-order valence-electron chi connectivity index (χ2n) is 6.01. The summed E-state index contributed by atoms with van der Waals surface area (Å²) in [6, 6.07) is 8.83.